The molecule has 24 heavy (non-hydrogen) atoms. The van der Waals surface area contributed by atoms with E-state index < -0.39 is 9.84 Å². The third kappa shape index (κ3) is 3.69. The highest BCUT2D eigenvalue weighted by Crippen LogP contribution is 2.33. The lowest BCUT2D eigenvalue weighted by Crippen LogP contribution is -2.24. The molecule has 1 aromatic heterocycles. The fraction of sp³-hybridized carbons (Fsp3) is 0.556. The van der Waals surface area contributed by atoms with Gasteiger partial charge in [0.1, 0.15) is 12.1 Å². The summed E-state index contributed by atoms with van der Waals surface area (Å²) < 4.78 is 23.7. The maximum absolute atomic E-state index is 11.8. The summed E-state index contributed by atoms with van der Waals surface area (Å²) in [6, 6.07) is 5.45. The maximum Gasteiger partial charge on any atom is 0.175 e. The molecule has 1 aromatic carbocycles. The van der Waals surface area contributed by atoms with Gasteiger partial charge in [0.15, 0.2) is 9.84 Å². The van der Waals surface area contributed by atoms with Gasteiger partial charge in [-0.05, 0) is 43.4 Å². The van der Waals surface area contributed by atoms with Crippen LogP contribution in [0.25, 0.3) is 10.9 Å². The molecule has 1 saturated carbocycles. The van der Waals surface area contributed by atoms with Crippen LogP contribution in [0.3, 0.4) is 0 Å². The van der Waals surface area contributed by atoms with Crippen LogP contribution in [0.2, 0.25) is 0 Å². The van der Waals surface area contributed by atoms with Gasteiger partial charge >= 0.3 is 0 Å². The molecule has 0 amide bonds. The first-order valence-corrected chi connectivity index (χ1v) is 10.6. The summed E-state index contributed by atoms with van der Waals surface area (Å²) in [6.07, 6.45) is 10.1. The van der Waals surface area contributed by atoms with Crippen LogP contribution in [-0.4, -0.2) is 30.7 Å². The lowest BCUT2D eigenvalue weighted by Gasteiger charge is -2.22. The second-order valence-electron chi connectivity index (χ2n) is 6.76. The Morgan fingerprint density at radius 2 is 2.08 bits per heavy atom. The molecule has 2 unspecified atom stereocenters. The number of fused-ring (bicyclic) bond motifs is 1. The van der Waals surface area contributed by atoms with Gasteiger partial charge in [0.2, 0.25) is 0 Å². The molecule has 0 bridgehead atoms. The molecule has 3 rings (SSSR count). The van der Waals surface area contributed by atoms with E-state index in [0.717, 1.165) is 23.1 Å². The summed E-state index contributed by atoms with van der Waals surface area (Å²) in [4.78, 5) is 8.96. The highest BCUT2D eigenvalue weighted by Gasteiger charge is 2.27. The van der Waals surface area contributed by atoms with Gasteiger partial charge in [-0.3, -0.25) is 0 Å². The summed E-state index contributed by atoms with van der Waals surface area (Å²) in [5, 5.41) is 4.35. The van der Waals surface area contributed by atoms with Gasteiger partial charge in [-0.25, -0.2) is 18.4 Å². The molecular weight excluding hydrogens is 322 g/mol. The Morgan fingerprint density at radius 3 is 2.83 bits per heavy atom. The molecule has 0 spiro atoms. The topological polar surface area (TPSA) is 72.0 Å². The minimum atomic E-state index is -3.24. The first kappa shape index (κ1) is 17.1. The number of nitrogens with zero attached hydrogens (tertiary/aromatic N) is 2. The zero-order valence-electron chi connectivity index (χ0n) is 14.3. The highest BCUT2D eigenvalue weighted by atomic mass is 32.2. The fourth-order valence-corrected chi connectivity index (χ4v) is 4.24. The molecule has 0 radical (unpaired) electrons. The number of aromatic nitrogens is 2. The minimum Gasteiger partial charge on any atom is -0.366 e. The van der Waals surface area contributed by atoms with E-state index in [4.69, 9.17) is 0 Å². The molecule has 2 aromatic rings. The predicted molar refractivity (Wildman–Crippen MR) is 96.9 cm³/mol. The van der Waals surface area contributed by atoms with E-state index in [9.17, 15) is 8.42 Å². The smallest absolute Gasteiger partial charge is 0.175 e. The third-order valence-corrected chi connectivity index (χ3v) is 6.05. The van der Waals surface area contributed by atoms with E-state index in [2.05, 4.69) is 22.2 Å². The van der Waals surface area contributed by atoms with Crippen molar-refractivity contribution in [1.82, 2.24) is 9.97 Å². The van der Waals surface area contributed by atoms with Crippen molar-refractivity contribution in [2.24, 2.45) is 5.92 Å². The van der Waals surface area contributed by atoms with Crippen molar-refractivity contribution in [3.63, 3.8) is 0 Å². The summed E-state index contributed by atoms with van der Waals surface area (Å²) >= 11 is 0. The summed E-state index contributed by atoms with van der Waals surface area (Å²) in [7, 11) is -3.24. The van der Waals surface area contributed by atoms with Crippen LogP contribution >= 0.6 is 0 Å². The molecule has 2 atom stereocenters. The van der Waals surface area contributed by atoms with Crippen molar-refractivity contribution in [1.29, 1.82) is 0 Å². The van der Waals surface area contributed by atoms with E-state index in [1.807, 2.05) is 0 Å². The fourth-order valence-electron chi connectivity index (χ4n) is 3.60. The third-order valence-electron chi connectivity index (χ3n) is 4.94. The van der Waals surface area contributed by atoms with E-state index in [0.29, 0.717) is 16.9 Å². The average molecular weight is 347 g/mol. The van der Waals surface area contributed by atoms with E-state index in [1.54, 1.807) is 24.5 Å². The first-order chi connectivity index (χ1) is 11.5. The quantitative estimate of drug-likeness (QED) is 0.860. The summed E-state index contributed by atoms with van der Waals surface area (Å²) in [5.74, 6) is 1.42. The number of sulfone groups is 1. The Bertz CT molecular complexity index is 820. The lowest BCUT2D eigenvalue weighted by atomic mass is 9.96. The maximum atomic E-state index is 11.8. The Balaban J connectivity index is 1.91. The zero-order valence-corrected chi connectivity index (χ0v) is 15.1. The summed E-state index contributed by atoms with van der Waals surface area (Å²) in [6.45, 7) is 2.22. The van der Waals surface area contributed by atoms with Gasteiger partial charge in [-0.15, -0.1) is 0 Å². The van der Waals surface area contributed by atoms with E-state index >= 15 is 0 Å². The Hall–Kier alpha value is -1.69. The number of hydrogen-bond acceptors (Lipinski definition) is 5. The van der Waals surface area contributed by atoms with Crippen LogP contribution in [0.15, 0.2) is 29.4 Å². The van der Waals surface area contributed by atoms with Gasteiger partial charge in [0.25, 0.3) is 0 Å². The van der Waals surface area contributed by atoms with Crippen LogP contribution in [0.5, 0.6) is 0 Å². The molecule has 1 aliphatic rings. The molecule has 0 saturated heterocycles. The Labute approximate surface area is 143 Å². The van der Waals surface area contributed by atoms with Crippen molar-refractivity contribution in [2.75, 3.05) is 11.6 Å². The SMILES string of the molecule is CCCCC1CCCC1Nc1ncnc2ccc(S(C)(=O)=O)cc12. The van der Waals surface area contributed by atoms with Crippen molar-refractivity contribution >= 4 is 26.6 Å². The molecule has 5 nitrogen and oxygen atoms in total. The van der Waals surface area contributed by atoms with Crippen LogP contribution in [-0.2, 0) is 9.84 Å². The number of benzene rings is 1. The second-order valence-corrected chi connectivity index (χ2v) is 8.77. The largest absolute Gasteiger partial charge is 0.366 e. The molecule has 1 aliphatic carbocycles. The lowest BCUT2D eigenvalue weighted by molar-refractivity contribution is 0.448. The standard InChI is InChI=1S/C18H25N3O2S/c1-3-4-6-13-7-5-8-16(13)21-18-15-11-14(24(2,22)23)9-10-17(15)19-12-20-18/h9-13,16H,3-8H2,1-2H3,(H,19,20,21). The van der Waals surface area contributed by atoms with Crippen molar-refractivity contribution in [3.05, 3.63) is 24.5 Å². The van der Waals surface area contributed by atoms with Crippen molar-refractivity contribution < 1.29 is 8.42 Å². The van der Waals surface area contributed by atoms with Gasteiger partial charge in [-0.1, -0.05) is 26.2 Å². The molecule has 1 heterocycles. The van der Waals surface area contributed by atoms with Crippen LogP contribution in [0.1, 0.15) is 45.4 Å². The Kier molecular flexibility index (Phi) is 5.04. The number of unbranched alkanes of at least 4 members (excludes halogenated alkanes) is 1. The van der Waals surface area contributed by atoms with Gasteiger partial charge in [0.05, 0.1) is 10.4 Å². The molecule has 0 aliphatic heterocycles. The van der Waals surface area contributed by atoms with Crippen LogP contribution in [0.4, 0.5) is 5.82 Å². The van der Waals surface area contributed by atoms with Gasteiger partial charge < -0.3 is 5.32 Å². The zero-order chi connectivity index (χ0) is 17.2. The predicted octanol–water partition coefficient (Wildman–Crippen LogP) is 3.80. The number of hydrogen-bond donors (Lipinski definition) is 1. The van der Waals surface area contributed by atoms with Crippen LogP contribution in [0, 0.1) is 5.92 Å². The normalized spacial score (nSPS) is 21.2. The molecule has 1 N–H and O–H groups in total. The number of anilines is 1. The molecule has 130 valence electrons. The van der Waals surface area contributed by atoms with Gasteiger partial charge in [-0.2, -0.15) is 0 Å². The summed E-state index contributed by atoms with van der Waals surface area (Å²) in [5.41, 5.74) is 0.767. The highest BCUT2D eigenvalue weighted by molar-refractivity contribution is 7.90. The molecular formula is C18H25N3O2S. The van der Waals surface area contributed by atoms with Crippen LogP contribution < -0.4 is 5.32 Å². The average Bonchev–Trinajstić information content (AvgIpc) is 2.99. The molecule has 6 heteroatoms. The van der Waals surface area contributed by atoms with Gasteiger partial charge in [0, 0.05) is 17.7 Å². The number of nitrogens with one attached hydrogen (secondary N) is 1. The van der Waals surface area contributed by atoms with Crippen molar-refractivity contribution in [3.8, 4) is 0 Å². The number of rotatable bonds is 6. The van der Waals surface area contributed by atoms with E-state index in [-0.39, 0.29) is 0 Å². The van der Waals surface area contributed by atoms with E-state index in [1.165, 1.54) is 38.4 Å². The molecule has 1 fully saturated rings. The minimum absolute atomic E-state index is 0.307. The Morgan fingerprint density at radius 1 is 1.25 bits per heavy atom. The second kappa shape index (κ2) is 7.05. The monoisotopic (exact) mass is 347 g/mol. The first-order valence-electron chi connectivity index (χ1n) is 8.70. The van der Waals surface area contributed by atoms with Crippen molar-refractivity contribution in [2.45, 2.75) is 56.4 Å².